The van der Waals surface area contributed by atoms with Crippen LogP contribution in [0.3, 0.4) is 0 Å². The number of amides is 1. The molecule has 4 aromatic rings. The van der Waals surface area contributed by atoms with E-state index in [-0.39, 0.29) is 5.91 Å². The van der Waals surface area contributed by atoms with E-state index in [2.05, 4.69) is 21.0 Å². The van der Waals surface area contributed by atoms with Crippen molar-refractivity contribution in [2.45, 2.75) is 37.5 Å². The maximum Gasteiger partial charge on any atom is 0.241 e. The second kappa shape index (κ2) is 12.2. The van der Waals surface area contributed by atoms with E-state index in [1.54, 1.807) is 19.1 Å². The van der Waals surface area contributed by atoms with Gasteiger partial charge in [-0.1, -0.05) is 48.5 Å². The predicted octanol–water partition coefficient (Wildman–Crippen LogP) is 4.65. The van der Waals surface area contributed by atoms with E-state index < -0.39 is 10.0 Å². The maximum atomic E-state index is 13.1. The first-order valence-corrected chi connectivity index (χ1v) is 16.3. The zero-order valence-electron chi connectivity index (χ0n) is 24.0. The number of carbonyl (C=O) groups excluding carboxylic acids is 1. The second-order valence-corrected chi connectivity index (χ2v) is 13.2. The number of hydrogen-bond donors (Lipinski definition) is 2. The summed E-state index contributed by atoms with van der Waals surface area (Å²) >= 11 is 0. The van der Waals surface area contributed by atoms with Gasteiger partial charge in [0.05, 0.1) is 10.4 Å². The smallest absolute Gasteiger partial charge is 0.241 e. The molecule has 2 N–H and O–H groups in total. The summed E-state index contributed by atoms with van der Waals surface area (Å²) in [5.41, 5.74) is 0.904. The normalized spacial score (nSPS) is 19.7. The Morgan fingerprint density at radius 1 is 0.810 bits per heavy atom. The van der Waals surface area contributed by atoms with Gasteiger partial charge in [0.25, 0.3) is 0 Å². The molecular weight excluding hydrogens is 548 g/mol. The number of nitrogens with one attached hydrogen (secondary N) is 2. The van der Waals surface area contributed by atoms with Crippen LogP contribution >= 0.6 is 0 Å². The molecule has 1 amide bonds. The Labute approximate surface area is 247 Å². The number of benzene rings is 3. The van der Waals surface area contributed by atoms with Gasteiger partial charge in [0.2, 0.25) is 21.9 Å². The van der Waals surface area contributed by atoms with Gasteiger partial charge < -0.3 is 15.1 Å². The molecule has 0 bridgehead atoms. The molecule has 0 atom stereocenters. The number of carbonyl (C=O) groups is 1. The molecule has 1 aliphatic heterocycles. The predicted molar refractivity (Wildman–Crippen MR) is 167 cm³/mol. The van der Waals surface area contributed by atoms with Crippen LogP contribution in [0.25, 0.3) is 21.7 Å². The second-order valence-electron chi connectivity index (χ2n) is 11.5. The van der Waals surface area contributed by atoms with Gasteiger partial charge in [-0.15, -0.1) is 0 Å². The fourth-order valence-electron chi connectivity index (χ4n) is 6.22. The quantitative estimate of drug-likeness (QED) is 0.310. The van der Waals surface area contributed by atoms with Gasteiger partial charge in [-0.3, -0.25) is 4.79 Å². The third-order valence-electron chi connectivity index (χ3n) is 8.72. The van der Waals surface area contributed by atoms with Crippen LogP contribution in [-0.4, -0.2) is 68.5 Å². The van der Waals surface area contributed by atoms with Crippen molar-refractivity contribution in [2.75, 3.05) is 49.5 Å². The fourth-order valence-corrected chi connectivity index (χ4v) is 7.57. The summed E-state index contributed by atoms with van der Waals surface area (Å²) in [6.45, 7) is 5.73. The average Bonchev–Trinajstić information content (AvgIpc) is 3.02. The van der Waals surface area contributed by atoms with Crippen molar-refractivity contribution in [1.29, 1.82) is 0 Å². The number of aromatic nitrogens is 2. The fraction of sp³-hybridized carbons (Fsp3) is 0.406. The number of para-hydroxylation sites is 1. The summed E-state index contributed by atoms with van der Waals surface area (Å²) in [6, 6.07) is 21.1. The Morgan fingerprint density at radius 3 is 2.19 bits per heavy atom. The van der Waals surface area contributed by atoms with Crippen LogP contribution in [0.4, 0.5) is 11.8 Å². The van der Waals surface area contributed by atoms with Crippen molar-refractivity contribution >= 4 is 49.4 Å². The van der Waals surface area contributed by atoms with Crippen LogP contribution in [0.15, 0.2) is 71.6 Å². The SMILES string of the molecule is CC(=O)N1CCN(c2nc(NC[C@H]3CC[C@H](CNS(=O)(=O)c4cccc5ccccc45)CC3)nc3ccccc23)CC1. The van der Waals surface area contributed by atoms with E-state index in [9.17, 15) is 13.2 Å². The number of piperazine rings is 1. The van der Waals surface area contributed by atoms with E-state index in [1.807, 2.05) is 53.4 Å². The van der Waals surface area contributed by atoms with Crippen molar-refractivity contribution < 1.29 is 13.2 Å². The van der Waals surface area contributed by atoms with Gasteiger partial charge in [0, 0.05) is 57.0 Å². The Kier molecular flexibility index (Phi) is 8.26. The third-order valence-corrected chi connectivity index (χ3v) is 10.2. The van der Waals surface area contributed by atoms with Gasteiger partial charge in [-0.2, -0.15) is 4.98 Å². The van der Waals surface area contributed by atoms with E-state index in [4.69, 9.17) is 9.97 Å². The highest BCUT2D eigenvalue weighted by Gasteiger charge is 2.25. The molecule has 10 heteroatoms. The largest absolute Gasteiger partial charge is 0.354 e. The van der Waals surface area contributed by atoms with E-state index in [0.717, 1.165) is 72.8 Å². The van der Waals surface area contributed by atoms with Crippen LogP contribution in [-0.2, 0) is 14.8 Å². The number of fused-ring (bicyclic) bond motifs is 2. The summed E-state index contributed by atoms with van der Waals surface area (Å²) in [5.74, 6) is 2.45. The summed E-state index contributed by atoms with van der Waals surface area (Å²) < 4.78 is 29.2. The molecule has 6 rings (SSSR count). The molecule has 1 saturated carbocycles. The molecule has 2 heterocycles. The van der Waals surface area contributed by atoms with E-state index >= 15 is 0 Å². The van der Waals surface area contributed by atoms with E-state index in [0.29, 0.717) is 42.3 Å². The number of rotatable bonds is 8. The van der Waals surface area contributed by atoms with Crippen molar-refractivity contribution in [2.24, 2.45) is 11.8 Å². The van der Waals surface area contributed by atoms with Crippen LogP contribution in [0.1, 0.15) is 32.6 Å². The van der Waals surface area contributed by atoms with Gasteiger partial charge >= 0.3 is 0 Å². The zero-order chi connectivity index (χ0) is 29.1. The number of anilines is 2. The van der Waals surface area contributed by atoms with Crippen LogP contribution < -0.4 is 14.9 Å². The minimum Gasteiger partial charge on any atom is -0.354 e. The van der Waals surface area contributed by atoms with Gasteiger partial charge in [-0.25, -0.2) is 18.1 Å². The average molecular weight is 587 g/mol. The molecule has 0 unspecified atom stereocenters. The summed E-state index contributed by atoms with van der Waals surface area (Å²) in [6.07, 6.45) is 4.02. The van der Waals surface area contributed by atoms with Crippen LogP contribution in [0, 0.1) is 11.8 Å². The minimum atomic E-state index is -3.59. The molecule has 3 aromatic carbocycles. The monoisotopic (exact) mass is 586 g/mol. The van der Waals surface area contributed by atoms with Crippen LogP contribution in [0.5, 0.6) is 0 Å². The third kappa shape index (κ3) is 6.19. The molecule has 42 heavy (non-hydrogen) atoms. The zero-order valence-corrected chi connectivity index (χ0v) is 24.8. The van der Waals surface area contributed by atoms with Crippen molar-refractivity contribution in [3.05, 3.63) is 66.7 Å². The Bertz CT molecular complexity index is 1670. The molecule has 1 aliphatic carbocycles. The van der Waals surface area contributed by atoms with Gasteiger partial charge in [0.1, 0.15) is 5.82 Å². The Balaban J connectivity index is 1.04. The first-order chi connectivity index (χ1) is 20.4. The lowest BCUT2D eigenvalue weighted by Crippen LogP contribution is -2.48. The van der Waals surface area contributed by atoms with Crippen LogP contribution in [0.2, 0.25) is 0 Å². The van der Waals surface area contributed by atoms with Gasteiger partial charge in [0.15, 0.2) is 0 Å². The topological polar surface area (TPSA) is 108 Å². The molecular formula is C32H38N6O3S. The Morgan fingerprint density at radius 2 is 1.45 bits per heavy atom. The highest BCUT2D eigenvalue weighted by Crippen LogP contribution is 2.31. The maximum absolute atomic E-state index is 13.1. The van der Waals surface area contributed by atoms with E-state index in [1.165, 1.54) is 0 Å². The summed E-state index contributed by atoms with van der Waals surface area (Å²) in [4.78, 5) is 26.0. The molecule has 2 aliphatic rings. The highest BCUT2D eigenvalue weighted by molar-refractivity contribution is 7.89. The van der Waals surface area contributed by atoms with Gasteiger partial charge in [-0.05, 0) is 61.1 Å². The minimum absolute atomic E-state index is 0.112. The standard InChI is InChI=1S/C32H38N6O3S/c1-23(39)37-17-19-38(20-18-37)31-28-10-4-5-11-29(28)35-32(36-31)33-21-24-13-15-25(16-14-24)22-34-42(40,41)30-12-6-8-26-7-2-3-9-27(26)30/h2-12,24-25,34H,13-22H2,1H3,(H,33,35,36)/t24-,25-. The first kappa shape index (κ1) is 28.4. The molecule has 0 spiro atoms. The highest BCUT2D eigenvalue weighted by atomic mass is 32.2. The van der Waals surface area contributed by atoms with Crippen molar-refractivity contribution in [3.8, 4) is 0 Å². The molecule has 9 nitrogen and oxygen atoms in total. The number of hydrogen-bond acceptors (Lipinski definition) is 7. The lowest BCUT2D eigenvalue weighted by atomic mass is 9.82. The molecule has 1 aromatic heterocycles. The number of nitrogens with zero attached hydrogens (tertiary/aromatic N) is 4. The summed E-state index contributed by atoms with van der Waals surface area (Å²) in [5, 5.41) is 6.19. The Hall–Kier alpha value is -3.76. The molecule has 1 saturated heterocycles. The molecule has 220 valence electrons. The lowest BCUT2D eigenvalue weighted by Gasteiger charge is -2.35. The summed E-state index contributed by atoms with van der Waals surface area (Å²) in [7, 11) is -3.59. The lowest BCUT2D eigenvalue weighted by molar-refractivity contribution is -0.129. The molecule has 2 fully saturated rings. The first-order valence-electron chi connectivity index (χ1n) is 14.9. The van der Waals surface area contributed by atoms with Crippen molar-refractivity contribution in [3.63, 3.8) is 0 Å². The number of sulfonamides is 1. The molecule has 0 radical (unpaired) electrons. The van der Waals surface area contributed by atoms with Crippen molar-refractivity contribution in [1.82, 2.24) is 19.6 Å².